The first-order valence-corrected chi connectivity index (χ1v) is 17.6. The summed E-state index contributed by atoms with van der Waals surface area (Å²) in [5.74, 6) is 2.57. The Balaban J connectivity index is 1.49. The third-order valence-electron chi connectivity index (χ3n) is 6.74. The van der Waals surface area contributed by atoms with Gasteiger partial charge in [-0.05, 0) is 32.1 Å². The first-order valence-electron chi connectivity index (χ1n) is 13.2. The Bertz CT molecular complexity index is 1330. The van der Waals surface area contributed by atoms with Crippen molar-refractivity contribution in [2.45, 2.75) is 24.2 Å². The smallest absolute Gasteiger partial charge is 0.216 e. The number of rotatable bonds is 11. The van der Waals surface area contributed by atoms with Crippen LogP contribution in [0.15, 0.2) is 47.7 Å². The molecule has 39 heavy (non-hydrogen) atoms. The van der Waals surface area contributed by atoms with E-state index >= 15 is 0 Å². The molecule has 1 unspecified atom stereocenters. The molecule has 1 N–H and O–H groups in total. The molecule has 2 aliphatic rings. The maximum Gasteiger partial charge on any atom is 0.216 e. The number of allylic oxidation sites excluding steroid dienone is 2. The second-order valence-electron chi connectivity index (χ2n) is 9.44. The number of ether oxygens (including phenoxy) is 2. The molecule has 1 aromatic carbocycles. The van der Waals surface area contributed by atoms with Crippen LogP contribution in [-0.2, 0) is 19.5 Å². The van der Waals surface area contributed by atoms with Gasteiger partial charge in [0.15, 0.2) is 0 Å². The van der Waals surface area contributed by atoms with Gasteiger partial charge in [-0.15, -0.1) is 20.7 Å². The number of halogens is 1. The molecular weight excluding hydrogens is 631 g/mol. The molecule has 2 aliphatic heterocycles. The van der Waals surface area contributed by atoms with Gasteiger partial charge in [-0.1, -0.05) is 23.2 Å². The fraction of sp³-hybridized carbons (Fsp3) is 0.519. The Morgan fingerprint density at radius 3 is 2.54 bits per heavy atom. The van der Waals surface area contributed by atoms with Crippen molar-refractivity contribution in [3.8, 4) is 0 Å². The number of hydrogen-bond donors (Lipinski definition) is 1. The minimum atomic E-state index is -3.35. The average molecular weight is 671 g/mol. The molecular formula is C27H39IN6O4S. The molecule has 1 aromatic heterocycles. The molecule has 3 heterocycles. The van der Waals surface area contributed by atoms with Crippen LogP contribution >= 0.6 is 20.7 Å². The van der Waals surface area contributed by atoms with Crippen LogP contribution in [0, 0.1) is 0 Å². The van der Waals surface area contributed by atoms with Crippen molar-refractivity contribution in [3.05, 3.63) is 48.6 Å². The fourth-order valence-corrected chi connectivity index (χ4v) is 6.69. The number of aromatic nitrogens is 2. The van der Waals surface area contributed by atoms with E-state index in [2.05, 4.69) is 49.9 Å². The third-order valence-corrected chi connectivity index (χ3v) is 10.5. The second kappa shape index (κ2) is 14.0. The Kier molecular flexibility index (Phi) is 10.7. The molecule has 0 saturated carbocycles. The van der Waals surface area contributed by atoms with Crippen molar-refractivity contribution in [2.75, 3.05) is 64.9 Å². The highest BCUT2D eigenvalue weighted by molar-refractivity contribution is 14.2. The van der Waals surface area contributed by atoms with Crippen LogP contribution in [0.25, 0.3) is 16.7 Å². The van der Waals surface area contributed by atoms with Crippen molar-refractivity contribution in [1.29, 1.82) is 0 Å². The summed E-state index contributed by atoms with van der Waals surface area (Å²) in [4.78, 5) is 11.7. The van der Waals surface area contributed by atoms with Gasteiger partial charge < -0.3 is 19.7 Å². The molecule has 2 saturated heterocycles. The number of amidine groups is 1. The molecule has 0 aliphatic carbocycles. The Hall–Kier alpha value is -2.13. The maximum atomic E-state index is 12.6. The zero-order chi connectivity index (χ0) is 27.8. The standard InChI is InChI=1S/C27H39IN6O4S/c1-21(34-25-8-6-5-7-24(25)31-27(34)22(2)28-4)9-10-26(32-12-16-37-17-13-32)30-23(3)29-11-20-39(35,36)33-14-18-38-19-15-33/h5-8,10,22H,1,4,9,11-20H2,2-3H3,(H,29,30)/b26-10+. The van der Waals surface area contributed by atoms with Gasteiger partial charge in [0.25, 0.3) is 0 Å². The Morgan fingerprint density at radius 2 is 1.85 bits per heavy atom. The van der Waals surface area contributed by atoms with Crippen molar-refractivity contribution >= 4 is 57.8 Å². The van der Waals surface area contributed by atoms with E-state index in [0.717, 1.165) is 41.5 Å². The van der Waals surface area contributed by atoms with Crippen LogP contribution in [0.1, 0.15) is 30.0 Å². The van der Waals surface area contributed by atoms with E-state index in [-0.39, 0.29) is 33.0 Å². The summed E-state index contributed by atoms with van der Waals surface area (Å²) in [5, 5.41) is 3.42. The van der Waals surface area contributed by atoms with Crippen molar-refractivity contribution in [2.24, 2.45) is 4.99 Å². The van der Waals surface area contributed by atoms with E-state index in [1.54, 1.807) is 0 Å². The molecule has 12 heteroatoms. The number of aliphatic imine (C=N–C) groups is 1. The van der Waals surface area contributed by atoms with Crippen LogP contribution in [0.2, 0.25) is 0 Å². The normalized spacial score (nSPS) is 18.9. The number of fused-ring (bicyclic) bond motifs is 1. The van der Waals surface area contributed by atoms with Crippen LogP contribution < -0.4 is 5.32 Å². The molecule has 0 amide bonds. The van der Waals surface area contributed by atoms with Crippen molar-refractivity contribution in [1.82, 2.24) is 24.1 Å². The first kappa shape index (κ1) is 29.8. The maximum absolute atomic E-state index is 12.6. The van der Waals surface area contributed by atoms with Crippen molar-refractivity contribution in [3.63, 3.8) is 0 Å². The molecule has 0 spiro atoms. The number of sulfonamides is 1. The summed E-state index contributed by atoms with van der Waals surface area (Å²) >= 11 is -0.272. The molecule has 2 fully saturated rings. The van der Waals surface area contributed by atoms with Gasteiger partial charge in [0.1, 0.15) is 11.6 Å². The minimum absolute atomic E-state index is 0.0248. The predicted octanol–water partition coefficient (Wildman–Crippen LogP) is 3.20. The lowest BCUT2D eigenvalue weighted by Gasteiger charge is -2.31. The highest BCUT2D eigenvalue weighted by Crippen LogP contribution is 2.32. The number of nitrogens with one attached hydrogen (secondary N) is 1. The summed E-state index contributed by atoms with van der Waals surface area (Å²) in [6.07, 6.45) is 2.73. The highest BCUT2D eigenvalue weighted by atomic mass is 127. The summed E-state index contributed by atoms with van der Waals surface area (Å²) in [7, 11) is -3.35. The van der Waals surface area contributed by atoms with E-state index in [1.807, 2.05) is 25.1 Å². The minimum Gasteiger partial charge on any atom is -0.379 e. The topological polar surface area (TPSA) is 101 Å². The number of benzene rings is 1. The SMILES string of the molecule is C=IC(C)c1nc2ccccc2n1C(=C)C/C=C(\NC(C)=NCCS(=O)(=O)N1CCOCC1)N1CCOCC1. The largest absolute Gasteiger partial charge is 0.379 e. The van der Waals surface area contributed by atoms with Crippen LogP contribution in [0.3, 0.4) is 0 Å². The molecule has 4 rings (SSSR count). The number of nitrogens with zero attached hydrogens (tertiary/aromatic N) is 5. The summed E-state index contributed by atoms with van der Waals surface area (Å²) in [6, 6.07) is 8.14. The lowest BCUT2D eigenvalue weighted by Crippen LogP contribution is -2.42. The zero-order valence-corrected chi connectivity index (χ0v) is 25.8. The number of hydrogen-bond acceptors (Lipinski definition) is 7. The van der Waals surface area contributed by atoms with E-state index in [1.165, 1.54) is 4.31 Å². The van der Waals surface area contributed by atoms with E-state index in [0.29, 0.717) is 55.7 Å². The summed E-state index contributed by atoms with van der Waals surface area (Å²) in [6.45, 7) is 13.2. The lowest BCUT2D eigenvalue weighted by atomic mass is 10.2. The van der Waals surface area contributed by atoms with Gasteiger partial charge in [-0.3, -0.25) is 9.56 Å². The molecule has 2 aromatic rings. The van der Waals surface area contributed by atoms with Crippen LogP contribution in [0.5, 0.6) is 0 Å². The summed E-state index contributed by atoms with van der Waals surface area (Å²) < 4.78 is 44.3. The quantitative estimate of drug-likeness (QED) is 0.170. The second-order valence-corrected chi connectivity index (χ2v) is 14.3. The van der Waals surface area contributed by atoms with Crippen LogP contribution in [0.4, 0.5) is 0 Å². The summed E-state index contributed by atoms with van der Waals surface area (Å²) in [5.41, 5.74) is 2.94. The molecule has 214 valence electrons. The lowest BCUT2D eigenvalue weighted by molar-refractivity contribution is 0.0515. The van der Waals surface area contributed by atoms with Crippen LogP contribution in [-0.4, -0.2) is 102 Å². The highest BCUT2D eigenvalue weighted by Gasteiger charge is 2.24. The number of morpholine rings is 2. The average Bonchev–Trinajstić information content (AvgIpc) is 3.35. The third kappa shape index (κ3) is 7.75. The zero-order valence-electron chi connectivity index (χ0n) is 22.8. The number of imidazole rings is 1. The molecule has 1 atom stereocenters. The fourth-order valence-electron chi connectivity index (χ4n) is 4.59. The van der Waals surface area contributed by atoms with Gasteiger partial charge in [0.2, 0.25) is 10.0 Å². The Labute approximate surface area is 241 Å². The molecule has 0 radical (unpaired) electrons. The number of alkyl halides is 1. The van der Waals surface area contributed by atoms with Gasteiger partial charge in [-0.2, -0.15) is 4.31 Å². The van der Waals surface area contributed by atoms with E-state index < -0.39 is 10.0 Å². The first-order chi connectivity index (χ1) is 18.8. The van der Waals surface area contributed by atoms with E-state index in [9.17, 15) is 8.42 Å². The Morgan fingerprint density at radius 1 is 1.18 bits per heavy atom. The van der Waals surface area contributed by atoms with Gasteiger partial charge in [-0.25, -0.2) is 13.4 Å². The molecule has 0 bridgehead atoms. The van der Waals surface area contributed by atoms with E-state index in [4.69, 9.17) is 14.5 Å². The van der Waals surface area contributed by atoms with Gasteiger partial charge in [0, 0.05) is 38.3 Å². The van der Waals surface area contributed by atoms with Gasteiger partial charge >= 0.3 is 0 Å². The van der Waals surface area contributed by atoms with Crippen molar-refractivity contribution < 1.29 is 17.9 Å². The number of para-hydroxylation sites is 2. The van der Waals surface area contributed by atoms with Gasteiger partial charge in [0.05, 0.1) is 59.5 Å². The molecule has 10 nitrogen and oxygen atoms in total. The predicted molar refractivity (Wildman–Crippen MR) is 167 cm³/mol. The monoisotopic (exact) mass is 670 g/mol.